The summed E-state index contributed by atoms with van der Waals surface area (Å²) in [5, 5.41) is 0. The molecule has 0 aliphatic rings. The molecule has 2 rings (SSSR count). The molecule has 6 nitrogen and oxygen atoms in total. The molecule has 0 aliphatic heterocycles. The molecule has 0 spiro atoms. The summed E-state index contributed by atoms with van der Waals surface area (Å²) in [5.74, 6) is -1.03. The van der Waals surface area contributed by atoms with Crippen LogP contribution in [0.3, 0.4) is 0 Å². The predicted octanol–water partition coefficient (Wildman–Crippen LogP) is 4.31. The number of benzene rings is 1. The van der Waals surface area contributed by atoms with Gasteiger partial charge in [0, 0.05) is 18.0 Å². The van der Waals surface area contributed by atoms with Crippen LogP contribution in [0.1, 0.15) is 52.0 Å². The van der Waals surface area contributed by atoms with Gasteiger partial charge < -0.3 is 14.0 Å². The average molecular weight is 390 g/mol. The molecule has 0 amide bonds. The molecule has 0 aliphatic carbocycles. The van der Waals surface area contributed by atoms with Gasteiger partial charge in [0.2, 0.25) is 0 Å². The third kappa shape index (κ3) is 6.18. The number of hydrogen-bond acceptors (Lipinski definition) is 5. The number of esters is 2. The van der Waals surface area contributed by atoms with Gasteiger partial charge in [-0.15, -0.1) is 0 Å². The van der Waals surface area contributed by atoms with Crippen LogP contribution in [0.4, 0.5) is 4.39 Å². The minimum Gasteiger partial charge on any atom is -0.466 e. The van der Waals surface area contributed by atoms with E-state index >= 15 is 0 Å². The second-order valence-corrected chi connectivity index (χ2v) is 6.48. The molecule has 2 aromatic rings. The number of hydrogen-bond donors (Lipinski definition) is 0. The summed E-state index contributed by atoms with van der Waals surface area (Å²) >= 11 is 0. The predicted molar refractivity (Wildman–Crippen MR) is 103 cm³/mol. The first-order valence-corrected chi connectivity index (χ1v) is 9.67. The third-order valence-electron chi connectivity index (χ3n) is 4.22. The molecule has 1 aromatic carbocycles. The van der Waals surface area contributed by atoms with Crippen molar-refractivity contribution in [3.63, 3.8) is 0 Å². The fourth-order valence-electron chi connectivity index (χ4n) is 2.67. The molecule has 0 saturated heterocycles. The number of halogens is 1. The van der Waals surface area contributed by atoms with Crippen LogP contribution in [-0.2, 0) is 19.1 Å². The monoisotopic (exact) mass is 390 g/mol. The Morgan fingerprint density at radius 1 is 1.14 bits per heavy atom. The minimum absolute atomic E-state index is 0.173. The van der Waals surface area contributed by atoms with Gasteiger partial charge in [-0.05, 0) is 25.0 Å². The Labute approximate surface area is 164 Å². The first kappa shape index (κ1) is 21.6. The van der Waals surface area contributed by atoms with Crippen molar-refractivity contribution in [3.8, 4) is 11.4 Å². The summed E-state index contributed by atoms with van der Waals surface area (Å²) in [6.45, 7) is 4.58. The van der Waals surface area contributed by atoms with Crippen LogP contribution in [0, 0.1) is 5.82 Å². The first-order valence-electron chi connectivity index (χ1n) is 9.67. The highest BCUT2D eigenvalue weighted by Crippen LogP contribution is 2.25. The molecule has 0 radical (unpaired) electrons. The molecule has 152 valence electrons. The van der Waals surface area contributed by atoms with Gasteiger partial charge in [-0.2, -0.15) is 0 Å². The maximum atomic E-state index is 13.6. The van der Waals surface area contributed by atoms with Gasteiger partial charge in [-0.1, -0.05) is 38.8 Å². The minimum atomic E-state index is -0.924. The zero-order valence-corrected chi connectivity index (χ0v) is 16.4. The van der Waals surface area contributed by atoms with Crippen LogP contribution < -0.4 is 0 Å². The lowest BCUT2D eigenvalue weighted by Crippen LogP contribution is -2.26. The number of nitrogens with zero attached hydrogens (tertiary/aromatic N) is 2. The van der Waals surface area contributed by atoms with Gasteiger partial charge >= 0.3 is 11.9 Å². The number of rotatable bonds is 11. The zero-order valence-electron chi connectivity index (χ0n) is 16.4. The van der Waals surface area contributed by atoms with Crippen molar-refractivity contribution in [2.24, 2.45) is 0 Å². The maximum Gasteiger partial charge on any atom is 0.329 e. The fourth-order valence-corrected chi connectivity index (χ4v) is 2.67. The molecule has 1 heterocycles. The van der Waals surface area contributed by atoms with Crippen molar-refractivity contribution in [2.75, 3.05) is 13.2 Å². The smallest absolute Gasteiger partial charge is 0.329 e. The van der Waals surface area contributed by atoms with E-state index in [0.29, 0.717) is 18.0 Å². The van der Waals surface area contributed by atoms with Gasteiger partial charge in [-0.25, -0.2) is 14.2 Å². The Morgan fingerprint density at radius 3 is 2.54 bits per heavy atom. The number of carbonyl (C=O) groups excluding carboxylic acids is 2. The number of unbranched alkanes of at least 4 members (excludes halogenated alkanes) is 2. The van der Waals surface area contributed by atoms with E-state index in [1.165, 1.54) is 18.3 Å². The highest BCUT2D eigenvalue weighted by Gasteiger charge is 2.28. The maximum absolute atomic E-state index is 13.6. The van der Waals surface area contributed by atoms with Crippen molar-refractivity contribution < 1.29 is 23.5 Å². The highest BCUT2D eigenvalue weighted by molar-refractivity contribution is 5.82. The van der Waals surface area contributed by atoms with E-state index in [1.54, 1.807) is 22.9 Å². The summed E-state index contributed by atoms with van der Waals surface area (Å²) in [7, 11) is 0. The summed E-state index contributed by atoms with van der Waals surface area (Å²) in [5.41, 5.74) is 0.510. The molecule has 0 saturated carbocycles. The Bertz CT molecular complexity index is 775. The second-order valence-electron chi connectivity index (χ2n) is 6.48. The number of aromatic nitrogens is 2. The van der Waals surface area contributed by atoms with Crippen molar-refractivity contribution in [1.82, 2.24) is 9.55 Å². The average Bonchev–Trinajstić information content (AvgIpc) is 3.16. The molecule has 1 aromatic heterocycles. The quantitative estimate of drug-likeness (QED) is 0.422. The van der Waals surface area contributed by atoms with Gasteiger partial charge in [0.25, 0.3) is 0 Å². The molecular formula is C21H27FN2O4. The molecular weight excluding hydrogens is 363 g/mol. The van der Waals surface area contributed by atoms with Gasteiger partial charge in [0.15, 0.2) is 0 Å². The topological polar surface area (TPSA) is 70.4 Å². The van der Waals surface area contributed by atoms with Gasteiger partial charge in [0.05, 0.1) is 19.6 Å². The lowest BCUT2D eigenvalue weighted by Gasteiger charge is -2.19. The first-order chi connectivity index (χ1) is 13.6. The third-order valence-corrected chi connectivity index (χ3v) is 4.22. The van der Waals surface area contributed by atoms with E-state index in [2.05, 4.69) is 4.98 Å². The molecule has 28 heavy (non-hydrogen) atoms. The van der Waals surface area contributed by atoms with Crippen molar-refractivity contribution in [2.45, 2.75) is 52.0 Å². The van der Waals surface area contributed by atoms with Crippen LogP contribution in [0.15, 0.2) is 36.7 Å². The Kier molecular flexibility index (Phi) is 8.65. The molecule has 7 heteroatoms. The normalized spacial score (nSPS) is 11.8. The fraction of sp³-hybridized carbons (Fsp3) is 0.476. The summed E-state index contributed by atoms with van der Waals surface area (Å²) in [6.07, 6.45) is 6.21. The number of ether oxygens (including phenoxy) is 2. The van der Waals surface area contributed by atoms with Crippen LogP contribution in [0.2, 0.25) is 0 Å². The Balaban J connectivity index is 2.25. The van der Waals surface area contributed by atoms with Crippen LogP contribution in [0.25, 0.3) is 11.4 Å². The van der Waals surface area contributed by atoms with E-state index < -0.39 is 23.8 Å². The van der Waals surface area contributed by atoms with Crippen molar-refractivity contribution >= 4 is 11.9 Å². The van der Waals surface area contributed by atoms with Crippen molar-refractivity contribution in [3.05, 3.63) is 42.5 Å². The molecule has 1 unspecified atom stereocenters. The molecule has 0 fully saturated rings. The van der Waals surface area contributed by atoms with Gasteiger partial charge in [-0.3, -0.25) is 4.79 Å². The number of imidazole rings is 1. The lowest BCUT2D eigenvalue weighted by molar-refractivity contribution is -0.154. The lowest BCUT2D eigenvalue weighted by atomic mass is 10.1. The largest absolute Gasteiger partial charge is 0.466 e. The molecule has 0 bridgehead atoms. The van der Waals surface area contributed by atoms with Gasteiger partial charge in [0.1, 0.15) is 17.7 Å². The van der Waals surface area contributed by atoms with E-state index in [1.807, 2.05) is 13.8 Å². The van der Waals surface area contributed by atoms with E-state index in [-0.39, 0.29) is 13.0 Å². The highest BCUT2D eigenvalue weighted by atomic mass is 19.1. The van der Waals surface area contributed by atoms with E-state index in [4.69, 9.17) is 9.47 Å². The van der Waals surface area contributed by atoms with Crippen LogP contribution in [-0.4, -0.2) is 34.7 Å². The van der Waals surface area contributed by atoms with Crippen molar-refractivity contribution in [1.29, 1.82) is 0 Å². The second kappa shape index (κ2) is 11.2. The molecule has 1 atom stereocenters. The summed E-state index contributed by atoms with van der Waals surface area (Å²) in [6, 6.07) is 5.00. The van der Waals surface area contributed by atoms with Crippen LogP contribution in [0.5, 0.6) is 0 Å². The molecule has 0 N–H and O–H groups in total. The van der Waals surface area contributed by atoms with Crippen LogP contribution >= 0.6 is 0 Å². The summed E-state index contributed by atoms with van der Waals surface area (Å²) in [4.78, 5) is 29.2. The summed E-state index contributed by atoms with van der Waals surface area (Å²) < 4.78 is 25.7. The Morgan fingerprint density at radius 2 is 1.86 bits per heavy atom. The van der Waals surface area contributed by atoms with E-state index in [0.717, 1.165) is 25.7 Å². The zero-order chi connectivity index (χ0) is 20.4. The SMILES string of the molecule is CCCCOC(=O)CC(C(=O)OCCCC)n1ccnc1-c1cccc(F)c1. The standard InChI is InChI=1S/C21H27FN2O4/c1-3-5-12-27-19(25)15-18(21(26)28-13-6-4-2)24-11-10-23-20(24)16-8-7-9-17(22)14-16/h7-11,14,18H,3-6,12-13,15H2,1-2H3. The Hall–Kier alpha value is -2.70. The van der Waals surface area contributed by atoms with E-state index in [9.17, 15) is 14.0 Å². The number of carbonyl (C=O) groups is 2.